The molecule has 112 valence electrons. The van der Waals surface area contributed by atoms with Crippen LogP contribution in [0.1, 0.15) is 6.92 Å². The molecule has 0 aliphatic rings. The average molecular weight is 311 g/mol. The summed E-state index contributed by atoms with van der Waals surface area (Å²) in [6.07, 6.45) is 0. The number of aromatic nitrogens is 2. The average Bonchev–Trinajstić information content (AvgIpc) is 2.74. The minimum atomic E-state index is -0.952. The molecule has 0 saturated carbocycles. The zero-order valence-electron chi connectivity index (χ0n) is 11.3. The molecule has 2 aromatic rings. The van der Waals surface area contributed by atoms with E-state index in [0.29, 0.717) is 29.3 Å². The number of thioether (sulfide) groups is 1. The van der Waals surface area contributed by atoms with Gasteiger partial charge in [0, 0.05) is 20.0 Å². The second-order valence-corrected chi connectivity index (χ2v) is 5.29. The van der Waals surface area contributed by atoms with Crippen molar-refractivity contribution in [3.8, 4) is 0 Å². The lowest BCUT2D eigenvalue weighted by Crippen LogP contribution is -2.24. The van der Waals surface area contributed by atoms with Gasteiger partial charge in [0.25, 0.3) is 0 Å². The van der Waals surface area contributed by atoms with Gasteiger partial charge >= 0.3 is 5.97 Å². The predicted molar refractivity (Wildman–Crippen MR) is 76.7 cm³/mol. The van der Waals surface area contributed by atoms with E-state index in [1.807, 2.05) is 0 Å². The van der Waals surface area contributed by atoms with Crippen LogP contribution in [0.3, 0.4) is 0 Å². The van der Waals surface area contributed by atoms with E-state index < -0.39 is 11.8 Å². The number of carbonyl (C=O) groups is 2. The Morgan fingerprint density at radius 1 is 1.48 bits per heavy atom. The number of carboxylic acid groups (broad SMARTS) is 1. The van der Waals surface area contributed by atoms with Crippen LogP contribution in [-0.4, -0.2) is 38.8 Å². The lowest BCUT2D eigenvalue weighted by Gasteiger charge is -2.08. The maximum absolute atomic E-state index is 13.4. The van der Waals surface area contributed by atoms with Gasteiger partial charge in [-0.2, -0.15) is 0 Å². The van der Waals surface area contributed by atoms with Gasteiger partial charge in [0.2, 0.25) is 5.91 Å². The van der Waals surface area contributed by atoms with Gasteiger partial charge in [0.05, 0.1) is 16.8 Å². The number of hydrogen-bond acceptors (Lipinski definition) is 4. The fraction of sp³-hybridized carbons (Fsp3) is 0.308. The maximum Gasteiger partial charge on any atom is 0.313 e. The smallest absolute Gasteiger partial charge is 0.313 e. The highest BCUT2D eigenvalue weighted by Gasteiger charge is 2.13. The van der Waals surface area contributed by atoms with Gasteiger partial charge in [0.15, 0.2) is 5.16 Å². The van der Waals surface area contributed by atoms with Gasteiger partial charge in [-0.3, -0.25) is 9.59 Å². The first kappa shape index (κ1) is 15.3. The maximum atomic E-state index is 13.4. The van der Waals surface area contributed by atoms with E-state index in [1.165, 1.54) is 19.1 Å². The Morgan fingerprint density at radius 3 is 2.90 bits per heavy atom. The van der Waals surface area contributed by atoms with Crippen molar-refractivity contribution in [3.63, 3.8) is 0 Å². The van der Waals surface area contributed by atoms with E-state index in [0.717, 1.165) is 11.8 Å². The molecular formula is C13H14FN3O3S. The molecule has 0 radical (unpaired) electrons. The number of nitrogens with one attached hydrogen (secondary N) is 1. The van der Waals surface area contributed by atoms with Crippen LogP contribution < -0.4 is 5.32 Å². The molecule has 2 N–H and O–H groups in total. The van der Waals surface area contributed by atoms with Crippen LogP contribution in [0.5, 0.6) is 0 Å². The second-order valence-electron chi connectivity index (χ2n) is 4.34. The van der Waals surface area contributed by atoms with E-state index in [9.17, 15) is 14.0 Å². The Kier molecular flexibility index (Phi) is 4.79. The Balaban J connectivity index is 2.30. The molecule has 0 aliphatic heterocycles. The van der Waals surface area contributed by atoms with Gasteiger partial charge in [0.1, 0.15) is 5.82 Å². The van der Waals surface area contributed by atoms with Crippen molar-refractivity contribution in [2.24, 2.45) is 0 Å². The molecule has 0 fully saturated rings. The van der Waals surface area contributed by atoms with Crippen molar-refractivity contribution in [1.29, 1.82) is 0 Å². The number of nitrogens with zero attached hydrogens (tertiary/aromatic N) is 2. The first-order valence-corrected chi connectivity index (χ1v) is 7.21. The normalized spacial score (nSPS) is 10.8. The van der Waals surface area contributed by atoms with Crippen molar-refractivity contribution in [3.05, 3.63) is 24.0 Å². The minimum Gasteiger partial charge on any atom is -0.481 e. The predicted octanol–water partition coefficient (Wildman–Crippen LogP) is 1.49. The van der Waals surface area contributed by atoms with E-state index in [-0.39, 0.29) is 11.7 Å². The lowest BCUT2D eigenvalue weighted by molar-refractivity contribution is -0.133. The number of fused-ring (bicyclic) bond motifs is 1. The van der Waals surface area contributed by atoms with Crippen molar-refractivity contribution in [1.82, 2.24) is 14.9 Å². The summed E-state index contributed by atoms with van der Waals surface area (Å²) >= 11 is 1.06. The van der Waals surface area contributed by atoms with E-state index in [1.54, 1.807) is 10.6 Å². The molecule has 6 nitrogen and oxygen atoms in total. The highest BCUT2D eigenvalue weighted by molar-refractivity contribution is 7.99. The summed E-state index contributed by atoms with van der Waals surface area (Å²) in [6, 6.07) is 4.20. The number of rotatable bonds is 6. The van der Waals surface area contributed by atoms with Gasteiger partial charge < -0.3 is 15.0 Å². The van der Waals surface area contributed by atoms with Crippen molar-refractivity contribution in [2.45, 2.75) is 18.6 Å². The largest absolute Gasteiger partial charge is 0.481 e. The zero-order chi connectivity index (χ0) is 15.4. The summed E-state index contributed by atoms with van der Waals surface area (Å²) in [5.74, 6) is -1.64. The van der Waals surface area contributed by atoms with Gasteiger partial charge in [-0.15, -0.1) is 0 Å². The SMILES string of the molecule is CC(=O)NCCn1c(SCC(=O)O)nc2ccc(F)cc21. The summed E-state index contributed by atoms with van der Waals surface area (Å²) < 4.78 is 15.1. The van der Waals surface area contributed by atoms with Gasteiger partial charge in [-0.25, -0.2) is 9.37 Å². The third-order valence-electron chi connectivity index (χ3n) is 2.71. The van der Waals surface area contributed by atoms with E-state index in [4.69, 9.17) is 5.11 Å². The van der Waals surface area contributed by atoms with Crippen LogP contribution in [-0.2, 0) is 16.1 Å². The molecule has 0 saturated heterocycles. The Hall–Kier alpha value is -2.09. The van der Waals surface area contributed by atoms with Crippen molar-refractivity contribution < 1.29 is 19.1 Å². The molecule has 0 spiro atoms. The third kappa shape index (κ3) is 3.94. The Bertz CT molecular complexity index is 687. The van der Waals surface area contributed by atoms with Crippen LogP contribution in [0.25, 0.3) is 11.0 Å². The van der Waals surface area contributed by atoms with Crippen LogP contribution in [0, 0.1) is 5.82 Å². The molecule has 1 amide bonds. The Labute approximate surface area is 124 Å². The van der Waals surface area contributed by atoms with Gasteiger partial charge in [-0.05, 0) is 18.2 Å². The summed E-state index contributed by atoms with van der Waals surface area (Å²) in [4.78, 5) is 25.9. The highest BCUT2D eigenvalue weighted by atomic mass is 32.2. The number of carbonyl (C=O) groups excluding carboxylic acids is 1. The number of imidazole rings is 1. The van der Waals surface area contributed by atoms with Crippen molar-refractivity contribution >= 4 is 34.7 Å². The van der Waals surface area contributed by atoms with Crippen LogP contribution >= 0.6 is 11.8 Å². The molecule has 1 aromatic heterocycles. The number of halogens is 1. The van der Waals surface area contributed by atoms with Crippen molar-refractivity contribution in [2.75, 3.05) is 12.3 Å². The fourth-order valence-corrected chi connectivity index (χ4v) is 2.63. The molecular weight excluding hydrogens is 297 g/mol. The Morgan fingerprint density at radius 2 is 2.24 bits per heavy atom. The number of amides is 1. The van der Waals surface area contributed by atoms with Crippen LogP contribution in [0.2, 0.25) is 0 Å². The topological polar surface area (TPSA) is 84.2 Å². The molecule has 8 heteroatoms. The molecule has 1 heterocycles. The minimum absolute atomic E-state index is 0.133. The molecule has 0 atom stereocenters. The molecule has 0 unspecified atom stereocenters. The summed E-state index contributed by atoms with van der Waals surface area (Å²) in [7, 11) is 0. The van der Waals surface area contributed by atoms with E-state index >= 15 is 0 Å². The number of aliphatic carboxylic acids is 1. The molecule has 0 bridgehead atoms. The van der Waals surface area contributed by atoms with E-state index in [2.05, 4.69) is 10.3 Å². The number of benzene rings is 1. The molecule has 1 aromatic carbocycles. The first-order valence-electron chi connectivity index (χ1n) is 6.22. The second kappa shape index (κ2) is 6.57. The van der Waals surface area contributed by atoms with Crippen LogP contribution in [0.4, 0.5) is 4.39 Å². The quantitative estimate of drug-likeness (QED) is 0.790. The molecule has 21 heavy (non-hydrogen) atoms. The zero-order valence-corrected chi connectivity index (χ0v) is 12.1. The monoisotopic (exact) mass is 311 g/mol. The van der Waals surface area contributed by atoms with Gasteiger partial charge in [-0.1, -0.05) is 11.8 Å². The molecule has 2 rings (SSSR count). The molecule has 0 aliphatic carbocycles. The number of hydrogen-bond donors (Lipinski definition) is 2. The highest BCUT2D eigenvalue weighted by Crippen LogP contribution is 2.24. The summed E-state index contributed by atoms with van der Waals surface area (Å²) in [5.41, 5.74) is 1.17. The number of carboxylic acids is 1. The fourth-order valence-electron chi connectivity index (χ4n) is 1.87. The third-order valence-corrected chi connectivity index (χ3v) is 3.67. The lowest BCUT2D eigenvalue weighted by atomic mass is 10.3. The standard InChI is InChI=1S/C13H14FN3O3S/c1-8(18)15-4-5-17-11-6-9(14)2-3-10(11)16-13(17)21-7-12(19)20/h2-3,6H,4-5,7H2,1H3,(H,15,18)(H,19,20). The summed E-state index contributed by atoms with van der Waals surface area (Å²) in [5, 5.41) is 11.9. The van der Waals surface area contributed by atoms with Crippen LogP contribution in [0.15, 0.2) is 23.4 Å². The first-order chi connectivity index (χ1) is 9.97. The summed E-state index contributed by atoms with van der Waals surface area (Å²) in [6.45, 7) is 2.16.